The monoisotopic (exact) mass is 482 g/mol. The molecule has 2 fully saturated rings. The Bertz CT molecular complexity index is 1320. The minimum absolute atomic E-state index is 0.0452. The molecule has 0 unspecified atom stereocenters. The van der Waals surface area contributed by atoms with Crippen LogP contribution < -0.4 is 9.47 Å². The third kappa shape index (κ3) is 2.81. The van der Waals surface area contributed by atoms with Gasteiger partial charge in [0.15, 0.2) is 29.5 Å². The van der Waals surface area contributed by atoms with Gasteiger partial charge >= 0.3 is 0 Å². The van der Waals surface area contributed by atoms with Crippen molar-refractivity contribution in [3.8, 4) is 28.7 Å². The molecule has 1 saturated carbocycles. The van der Waals surface area contributed by atoms with Gasteiger partial charge in [-0.25, -0.2) is 0 Å². The van der Waals surface area contributed by atoms with Crippen molar-refractivity contribution in [1.82, 2.24) is 0 Å². The van der Waals surface area contributed by atoms with Gasteiger partial charge in [-0.05, 0) is 23.3 Å². The van der Waals surface area contributed by atoms with Gasteiger partial charge < -0.3 is 39.7 Å². The molecule has 0 aromatic heterocycles. The molecule has 3 aliphatic carbocycles. The molecule has 0 radical (unpaired) electrons. The summed E-state index contributed by atoms with van der Waals surface area (Å²) in [5, 5.41) is 52.0. The summed E-state index contributed by atoms with van der Waals surface area (Å²) in [6.07, 6.45) is -1.37. The Hall–Kier alpha value is -3.60. The SMILES string of the molecule is COc1cc([C@H]2[C@H]3CO[C@]4(O)C(=O)[C@H]2C=C([C@H]2Oc5cc(O)cc(O)c5C(=O)[C@@H]2O)[C@@H]34)ccc1O. The number of carbonyl (C=O) groups is 2. The molecule has 10 heteroatoms. The number of carbonyl (C=O) groups excluding carboxylic acids is 2. The molecular formula is C25H22O10. The van der Waals surface area contributed by atoms with Crippen molar-refractivity contribution in [3.63, 3.8) is 0 Å². The Balaban J connectivity index is 1.46. The maximum absolute atomic E-state index is 13.3. The molecule has 4 bridgehead atoms. The lowest BCUT2D eigenvalue weighted by atomic mass is 9.55. The molecule has 0 amide bonds. The zero-order chi connectivity index (χ0) is 24.8. The molecule has 2 heterocycles. The summed E-state index contributed by atoms with van der Waals surface area (Å²) in [6, 6.07) is 6.91. The van der Waals surface area contributed by atoms with E-state index in [1.54, 1.807) is 18.2 Å². The summed E-state index contributed by atoms with van der Waals surface area (Å²) < 4.78 is 16.7. The number of benzene rings is 2. The maximum Gasteiger partial charge on any atom is 0.234 e. The number of fused-ring (bicyclic) bond motifs is 1. The molecule has 2 aromatic rings. The quantitative estimate of drug-likeness (QED) is 0.399. The highest BCUT2D eigenvalue weighted by Gasteiger charge is 2.69. The maximum atomic E-state index is 13.3. The average molecular weight is 482 g/mol. The normalized spacial score (nSPS) is 34.9. The van der Waals surface area contributed by atoms with E-state index in [9.17, 15) is 35.1 Å². The molecule has 5 aliphatic rings. The smallest absolute Gasteiger partial charge is 0.234 e. The molecule has 182 valence electrons. The number of ether oxygens (including phenoxy) is 3. The number of rotatable bonds is 3. The molecule has 1 saturated heterocycles. The highest BCUT2D eigenvalue weighted by atomic mass is 16.6. The van der Waals surface area contributed by atoms with Crippen molar-refractivity contribution in [3.05, 3.63) is 53.1 Å². The first-order chi connectivity index (χ1) is 16.7. The average Bonchev–Trinajstić information content (AvgIpc) is 3.14. The predicted octanol–water partition coefficient (Wildman–Crippen LogP) is 0.990. The number of hydrogen-bond acceptors (Lipinski definition) is 10. The zero-order valence-electron chi connectivity index (χ0n) is 18.4. The number of phenolic OH excluding ortho intramolecular Hbond substituents is 3. The van der Waals surface area contributed by atoms with E-state index in [4.69, 9.17) is 14.2 Å². The van der Waals surface area contributed by atoms with E-state index in [-0.39, 0.29) is 35.2 Å². The number of ketones is 2. The first-order valence-electron chi connectivity index (χ1n) is 11.1. The lowest BCUT2D eigenvalue weighted by Crippen LogP contribution is -2.60. The standard InChI is InChI=1S/C25H22O10/c1-33-16-4-9(2-3-14(16)27)18-11-7-12(20-13(18)8-34-25(20,32)24(11)31)23-22(30)21(29)19-15(28)5-10(26)6-17(19)35-23/h2-7,11,13,18,20,22-23,26-28,30,32H,8H2,1H3/t11-,13+,18+,20-,22-,23+,25-/m0/s1. The van der Waals surface area contributed by atoms with Crippen LogP contribution in [0.3, 0.4) is 0 Å². The minimum atomic E-state index is -2.13. The largest absolute Gasteiger partial charge is 0.508 e. The first kappa shape index (κ1) is 21.9. The lowest BCUT2D eigenvalue weighted by Gasteiger charge is -2.50. The summed E-state index contributed by atoms with van der Waals surface area (Å²) in [4.78, 5) is 26.2. The van der Waals surface area contributed by atoms with Gasteiger partial charge in [-0.1, -0.05) is 12.1 Å². The van der Waals surface area contributed by atoms with Crippen molar-refractivity contribution in [2.24, 2.45) is 17.8 Å². The number of aliphatic hydroxyl groups is 2. The number of phenols is 3. The molecule has 5 N–H and O–H groups in total. The van der Waals surface area contributed by atoms with E-state index < -0.39 is 59.0 Å². The Labute approximate surface area is 198 Å². The van der Waals surface area contributed by atoms with Gasteiger partial charge in [-0.2, -0.15) is 0 Å². The van der Waals surface area contributed by atoms with Crippen molar-refractivity contribution in [2.75, 3.05) is 13.7 Å². The molecule has 2 aliphatic heterocycles. The Morgan fingerprint density at radius 2 is 1.86 bits per heavy atom. The second-order valence-electron chi connectivity index (χ2n) is 9.35. The van der Waals surface area contributed by atoms with Gasteiger partial charge in [0, 0.05) is 29.9 Å². The zero-order valence-corrected chi connectivity index (χ0v) is 18.4. The highest BCUT2D eigenvalue weighted by molar-refractivity contribution is 6.06. The van der Waals surface area contributed by atoms with Gasteiger partial charge in [-0.15, -0.1) is 0 Å². The summed E-state index contributed by atoms with van der Waals surface area (Å²) in [5.74, 6) is -6.84. The van der Waals surface area contributed by atoms with Crippen LogP contribution in [0.25, 0.3) is 0 Å². The Morgan fingerprint density at radius 1 is 1.09 bits per heavy atom. The molecule has 10 nitrogen and oxygen atoms in total. The Morgan fingerprint density at radius 3 is 2.60 bits per heavy atom. The van der Waals surface area contributed by atoms with Gasteiger partial charge in [0.1, 0.15) is 22.8 Å². The topological polar surface area (TPSA) is 163 Å². The van der Waals surface area contributed by atoms with Crippen molar-refractivity contribution >= 4 is 11.6 Å². The second-order valence-corrected chi connectivity index (χ2v) is 9.35. The fraction of sp³-hybridized carbons (Fsp3) is 0.360. The van der Waals surface area contributed by atoms with Crippen LogP contribution in [-0.4, -0.2) is 68.8 Å². The van der Waals surface area contributed by atoms with E-state index in [0.717, 1.165) is 12.1 Å². The fourth-order valence-corrected chi connectivity index (χ4v) is 6.16. The number of Topliss-reactive ketones (excluding diaryl/α,β-unsaturated/α-hetero) is 2. The second kappa shape index (κ2) is 7.20. The van der Waals surface area contributed by atoms with Gasteiger partial charge in [0.05, 0.1) is 19.6 Å². The van der Waals surface area contributed by atoms with Crippen LogP contribution in [0, 0.1) is 17.8 Å². The number of methoxy groups -OCH3 is 1. The number of aliphatic hydroxyl groups excluding tert-OH is 1. The van der Waals surface area contributed by atoms with E-state index in [2.05, 4.69) is 0 Å². The van der Waals surface area contributed by atoms with Crippen LogP contribution in [0.15, 0.2) is 42.0 Å². The van der Waals surface area contributed by atoms with Crippen LogP contribution >= 0.6 is 0 Å². The number of aromatic hydroxyl groups is 3. The highest BCUT2D eigenvalue weighted by Crippen LogP contribution is 2.61. The third-order valence-corrected chi connectivity index (χ3v) is 7.62. The summed E-state index contributed by atoms with van der Waals surface area (Å²) in [5.41, 5.74) is 0.796. The van der Waals surface area contributed by atoms with E-state index in [1.807, 2.05) is 0 Å². The number of hydrogen-bond donors (Lipinski definition) is 5. The van der Waals surface area contributed by atoms with Crippen LogP contribution in [0.5, 0.6) is 28.7 Å². The lowest BCUT2D eigenvalue weighted by molar-refractivity contribution is -0.206. The number of allylic oxidation sites excluding steroid dienone is 1. The van der Waals surface area contributed by atoms with Crippen molar-refractivity contribution in [2.45, 2.75) is 23.9 Å². The van der Waals surface area contributed by atoms with E-state index >= 15 is 0 Å². The van der Waals surface area contributed by atoms with Crippen molar-refractivity contribution in [1.29, 1.82) is 0 Å². The molecule has 7 atom stereocenters. The molecular weight excluding hydrogens is 460 g/mol. The molecule has 0 spiro atoms. The van der Waals surface area contributed by atoms with Crippen LogP contribution in [0.1, 0.15) is 21.8 Å². The van der Waals surface area contributed by atoms with Crippen LogP contribution in [-0.2, 0) is 9.53 Å². The van der Waals surface area contributed by atoms with Crippen molar-refractivity contribution < 1.29 is 49.3 Å². The fourth-order valence-electron chi connectivity index (χ4n) is 6.16. The third-order valence-electron chi connectivity index (χ3n) is 7.62. The van der Waals surface area contributed by atoms with Gasteiger partial charge in [0.2, 0.25) is 11.6 Å². The van der Waals surface area contributed by atoms with E-state index in [0.29, 0.717) is 11.1 Å². The molecule has 2 aromatic carbocycles. The van der Waals surface area contributed by atoms with Crippen LogP contribution in [0.2, 0.25) is 0 Å². The van der Waals surface area contributed by atoms with E-state index in [1.165, 1.54) is 13.2 Å². The molecule has 35 heavy (non-hydrogen) atoms. The first-order valence-corrected chi connectivity index (χ1v) is 11.1. The Kier molecular flexibility index (Phi) is 4.51. The minimum Gasteiger partial charge on any atom is -0.508 e. The summed E-state index contributed by atoms with van der Waals surface area (Å²) >= 11 is 0. The summed E-state index contributed by atoms with van der Waals surface area (Å²) in [7, 11) is 1.42. The van der Waals surface area contributed by atoms with Gasteiger partial charge in [-0.3, -0.25) is 9.59 Å². The predicted molar refractivity (Wildman–Crippen MR) is 116 cm³/mol. The summed E-state index contributed by atoms with van der Waals surface area (Å²) in [6.45, 7) is 0.0452. The van der Waals surface area contributed by atoms with Crippen LogP contribution in [0.4, 0.5) is 0 Å². The molecule has 7 rings (SSSR count). The van der Waals surface area contributed by atoms with Gasteiger partial charge in [0.25, 0.3) is 0 Å².